The molecule has 14 heavy (non-hydrogen) atoms. The molecule has 76 valence electrons. The summed E-state index contributed by atoms with van der Waals surface area (Å²) in [4.78, 5) is 2.78. The molecule has 0 bridgehead atoms. The van der Waals surface area contributed by atoms with Crippen molar-refractivity contribution in [2.45, 2.75) is 6.18 Å². The van der Waals surface area contributed by atoms with Crippen LogP contribution in [0.15, 0.2) is 12.3 Å². The minimum absolute atomic E-state index is 0.691. The van der Waals surface area contributed by atoms with Gasteiger partial charge in [-0.15, -0.1) is 0 Å². The van der Waals surface area contributed by atoms with E-state index in [1.807, 2.05) is 0 Å². The van der Waals surface area contributed by atoms with Crippen LogP contribution >= 0.6 is 0 Å². The Labute approximate surface area is 76.2 Å². The first-order valence-electron chi connectivity index (χ1n) is 3.41. The SMILES string of the molecule is OB(O)c1ccnc(F)c1C(F)(F)F. The van der Waals surface area contributed by atoms with Crippen LogP contribution in [0.4, 0.5) is 17.6 Å². The Morgan fingerprint density at radius 2 is 1.86 bits per heavy atom. The van der Waals surface area contributed by atoms with Crippen molar-refractivity contribution in [3.63, 3.8) is 0 Å². The van der Waals surface area contributed by atoms with E-state index in [2.05, 4.69) is 4.98 Å². The van der Waals surface area contributed by atoms with Crippen LogP contribution in [0.25, 0.3) is 0 Å². The lowest BCUT2D eigenvalue weighted by molar-refractivity contribution is -0.139. The number of nitrogens with zero attached hydrogens (tertiary/aromatic N) is 1. The Balaban J connectivity index is 3.38. The molecular weight excluding hydrogens is 205 g/mol. The van der Waals surface area contributed by atoms with Gasteiger partial charge in [-0.3, -0.25) is 0 Å². The van der Waals surface area contributed by atoms with Crippen molar-refractivity contribution in [3.8, 4) is 0 Å². The van der Waals surface area contributed by atoms with Gasteiger partial charge in [-0.1, -0.05) is 0 Å². The van der Waals surface area contributed by atoms with Crippen molar-refractivity contribution < 1.29 is 27.6 Å². The third-order valence-corrected chi connectivity index (χ3v) is 1.50. The highest BCUT2D eigenvalue weighted by atomic mass is 19.4. The molecule has 0 fully saturated rings. The summed E-state index contributed by atoms with van der Waals surface area (Å²) in [5, 5.41) is 17.1. The number of alkyl halides is 3. The molecule has 0 unspecified atom stereocenters. The standard InChI is InChI=1S/C6H4BF4NO2/c8-5-4(6(9,10)11)3(7(13)14)1-2-12-5/h1-2,13-14H. The molecule has 1 heterocycles. The second-order valence-corrected chi connectivity index (χ2v) is 2.44. The van der Waals surface area contributed by atoms with Gasteiger partial charge in [0, 0.05) is 11.7 Å². The monoisotopic (exact) mass is 209 g/mol. The molecule has 0 aliphatic carbocycles. The first-order chi connectivity index (χ1) is 6.34. The molecule has 2 N–H and O–H groups in total. The van der Waals surface area contributed by atoms with Crippen LogP contribution in [0, 0.1) is 5.95 Å². The van der Waals surface area contributed by atoms with E-state index < -0.39 is 30.3 Å². The van der Waals surface area contributed by atoms with E-state index in [0.717, 1.165) is 6.20 Å². The summed E-state index contributed by atoms with van der Waals surface area (Å²) in [5.41, 5.74) is -2.71. The molecule has 1 aromatic heterocycles. The van der Waals surface area contributed by atoms with Gasteiger partial charge in [-0.2, -0.15) is 17.6 Å². The normalized spacial score (nSPS) is 11.6. The molecule has 0 aliphatic heterocycles. The molecule has 1 rings (SSSR count). The van der Waals surface area contributed by atoms with E-state index in [-0.39, 0.29) is 0 Å². The van der Waals surface area contributed by atoms with Crippen molar-refractivity contribution in [2.75, 3.05) is 0 Å². The molecule has 0 amide bonds. The van der Waals surface area contributed by atoms with Gasteiger partial charge in [-0.25, -0.2) is 4.98 Å². The van der Waals surface area contributed by atoms with E-state index in [1.54, 1.807) is 0 Å². The fourth-order valence-corrected chi connectivity index (χ4v) is 0.946. The minimum atomic E-state index is -5.00. The Kier molecular flexibility index (Phi) is 2.77. The lowest BCUT2D eigenvalue weighted by Crippen LogP contribution is -2.37. The van der Waals surface area contributed by atoms with Crippen molar-refractivity contribution >= 4 is 12.6 Å². The number of hydrogen-bond acceptors (Lipinski definition) is 3. The second-order valence-electron chi connectivity index (χ2n) is 2.44. The van der Waals surface area contributed by atoms with E-state index in [1.165, 1.54) is 0 Å². The van der Waals surface area contributed by atoms with Crippen LogP contribution in [-0.2, 0) is 6.18 Å². The third-order valence-electron chi connectivity index (χ3n) is 1.50. The zero-order valence-corrected chi connectivity index (χ0v) is 6.59. The van der Waals surface area contributed by atoms with E-state index in [0.29, 0.717) is 6.07 Å². The molecule has 0 radical (unpaired) electrons. The predicted molar refractivity (Wildman–Crippen MR) is 39.0 cm³/mol. The van der Waals surface area contributed by atoms with Crippen LogP contribution in [0.2, 0.25) is 0 Å². The average molecular weight is 209 g/mol. The highest BCUT2D eigenvalue weighted by molar-refractivity contribution is 6.59. The zero-order chi connectivity index (χ0) is 10.9. The number of hydrogen-bond donors (Lipinski definition) is 2. The molecule has 0 atom stereocenters. The molecule has 0 saturated carbocycles. The van der Waals surface area contributed by atoms with E-state index in [4.69, 9.17) is 10.0 Å². The highest BCUT2D eigenvalue weighted by Gasteiger charge is 2.40. The Morgan fingerprint density at radius 3 is 2.21 bits per heavy atom. The van der Waals surface area contributed by atoms with Crippen LogP contribution in [-0.4, -0.2) is 22.2 Å². The average Bonchev–Trinajstić information content (AvgIpc) is 2.01. The maximum atomic E-state index is 12.7. The van der Waals surface area contributed by atoms with Crippen LogP contribution in [0.3, 0.4) is 0 Å². The first kappa shape index (κ1) is 10.9. The summed E-state index contributed by atoms with van der Waals surface area (Å²) >= 11 is 0. The van der Waals surface area contributed by atoms with Gasteiger partial charge in [0.25, 0.3) is 0 Å². The topological polar surface area (TPSA) is 53.4 Å². The van der Waals surface area contributed by atoms with Crippen molar-refractivity contribution in [3.05, 3.63) is 23.8 Å². The Morgan fingerprint density at radius 1 is 1.29 bits per heavy atom. The molecule has 0 aromatic carbocycles. The van der Waals surface area contributed by atoms with Gasteiger partial charge in [0.05, 0.1) is 0 Å². The summed E-state index contributed by atoms with van der Waals surface area (Å²) in [6.45, 7) is 0. The zero-order valence-electron chi connectivity index (χ0n) is 6.59. The molecule has 8 heteroatoms. The molecule has 3 nitrogen and oxygen atoms in total. The summed E-state index contributed by atoms with van der Waals surface area (Å²) in [7, 11) is -2.39. The van der Waals surface area contributed by atoms with Gasteiger partial charge in [-0.05, 0) is 6.07 Å². The van der Waals surface area contributed by atoms with Crippen LogP contribution in [0.1, 0.15) is 5.56 Å². The summed E-state index contributed by atoms with van der Waals surface area (Å²) in [6, 6.07) is 0.691. The van der Waals surface area contributed by atoms with Crippen LogP contribution in [0.5, 0.6) is 0 Å². The van der Waals surface area contributed by atoms with Gasteiger partial charge in [0.15, 0.2) is 0 Å². The third kappa shape index (κ3) is 2.02. The predicted octanol–water partition coefficient (Wildman–Crippen LogP) is -0.0807. The van der Waals surface area contributed by atoms with E-state index >= 15 is 0 Å². The maximum absolute atomic E-state index is 12.7. The van der Waals surface area contributed by atoms with Gasteiger partial charge in [0.2, 0.25) is 5.95 Å². The maximum Gasteiger partial charge on any atom is 0.489 e. The number of aromatic nitrogens is 1. The van der Waals surface area contributed by atoms with Crippen molar-refractivity contribution in [1.29, 1.82) is 0 Å². The van der Waals surface area contributed by atoms with E-state index in [9.17, 15) is 17.6 Å². The summed E-state index contributed by atoms with van der Waals surface area (Å²) in [6.07, 6.45) is -4.28. The summed E-state index contributed by atoms with van der Waals surface area (Å²) in [5.74, 6) is -1.77. The van der Waals surface area contributed by atoms with Gasteiger partial charge in [0.1, 0.15) is 5.56 Å². The molecule has 0 spiro atoms. The first-order valence-corrected chi connectivity index (χ1v) is 3.41. The quantitative estimate of drug-likeness (QED) is 0.386. The molecule has 0 aliphatic rings. The lowest BCUT2D eigenvalue weighted by atomic mass is 9.77. The Hall–Kier alpha value is -1.15. The molecule has 1 aromatic rings. The van der Waals surface area contributed by atoms with Crippen LogP contribution < -0.4 is 5.46 Å². The number of halogens is 4. The fourth-order valence-electron chi connectivity index (χ4n) is 0.946. The minimum Gasteiger partial charge on any atom is -0.423 e. The number of rotatable bonds is 1. The Bertz CT molecular complexity index is 341. The highest BCUT2D eigenvalue weighted by Crippen LogP contribution is 2.29. The fraction of sp³-hybridized carbons (Fsp3) is 0.167. The van der Waals surface area contributed by atoms with Gasteiger partial charge >= 0.3 is 13.3 Å². The van der Waals surface area contributed by atoms with Crippen molar-refractivity contribution in [1.82, 2.24) is 4.98 Å². The number of pyridine rings is 1. The van der Waals surface area contributed by atoms with Crippen molar-refractivity contribution in [2.24, 2.45) is 0 Å². The second kappa shape index (κ2) is 3.54. The largest absolute Gasteiger partial charge is 0.489 e. The molecular formula is C6H4BF4NO2. The smallest absolute Gasteiger partial charge is 0.423 e. The summed E-state index contributed by atoms with van der Waals surface area (Å²) < 4.78 is 49.2. The molecule has 0 saturated heterocycles. The lowest BCUT2D eigenvalue weighted by Gasteiger charge is -2.11. The van der Waals surface area contributed by atoms with Gasteiger partial charge < -0.3 is 10.0 Å².